The summed E-state index contributed by atoms with van der Waals surface area (Å²) in [6.07, 6.45) is 1.25. The van der Waals surface area contributed by atoms with Crippen molar-refractivity contribution in [2.24, 2.45) is 0 Å². The number of halogens is 1. The number of hydrogen-bond donors (Lipinski definition) is 2. The number of anilines is 2. The third-order valence-corrected chi connectivity index (χ3v) is 8.38. The van der Waals surface area contributed by atoms with Crippen molar-refractivity contribution in [2.45, 2.75) is 23.8 Å². The number of nitrogen functional groups attached to an aromatic ring is 1. The molecule has 10 heteroatoms. The normalized spacial score (nSPS) is 15.6. The molecule has 0 atom stereocenters. The van der Waals surface area contributed by atoms with E-state index in [1.807, 2.05) is 0 Å². The molecule has 7 nitrogen and oxygen atoms in total. The van der Waals surface area contributed by atoms with Crippen molar-refractivity contribution < 1.29 is 13.2 Å². The van der Waals surface area contributed by atoms with Crippen molar-refractivity contribution in [3.05, 3.63) is 70.1 Å². The summed E-state index contributed by atoms with van der Waals surface area (Å²) in [5.74, 6) is -0.112. The number of ketones is 1. The smallest absolute Gasteiger partial charge is 0.243 e. The summed E-state index contributed by atoms with van der Waals surface area (Å²) in [5.41, 5.74) is 6.37. The summed E-state index contributed by atoms with van der Waals surface area (Å²) in [7, 11) is -3.49. The van der Waals surface area contributed by atoms with Gasteiger partial charge in [0.05, 0.1) is 9.92 Å². The number of aromatic nitrogens is 1. The van der Waals surface area contributed by atoms with Crippen LogP contribution in [0, 0.1) is 0 Å². The zero-order valence-corrected chi connectivity index (χ0v) is 18.9. The molecular weight excluding hydrogens is 456 g/mol. The Hall–Kier alpha value is -2.46. The fourth-order valence-electron chi connectivity index (χ4n) is 3.48. The van der Waals surface area contributed by atoms with Crippen LogP contribution in [0.1, 0.15) is 28.1 Å². The summed E-state index contributed by atoms with van der Waals surface area (Å²) in [6.45, 7) is 0.808. The van der Waals surface area contributed by atoms with Crippen molar-refractivity contribution in [3.8, 4) is 0 Å². The number of nitrogens with two attached hydrogens (primary N) is 1. The lowest BCUT2D eigenvalue weighted by atomic mass is 10.1. The molecule has 0 aliphatic carbocycles. The molecule has 2 aromatic carbocycles. The number of benzene rings is 2. The predicted octanol–water partition coefficient (Wildman–Crippen LogP) is 3.87. The van der Waals surface area contributed by atoms with E-state index in [0.717, 1.165) is 0 Å². The molecule has 1 fully saturated rings. The van der Waals surface area contributed by atoms with E-state index in [-0.39, 0.29) is 17.6 Å². The monoisotopic (exact) mass is 476 g/mol. The number of carbonyl (C=O) groups excluding carboxylic acids is 1. The lowest BCUT2D eigenvalue weighted by Crippen LogP contribution is -2.42. The first-order chi connectivity index (χ1) is 14.9. The zero-order valence-electron chi connectivity index (χ0n) is 16.5. The Morgan fingerprint density at radius 2 is 1.74 bits per heavy atom. The van der Waals surface area contributed by atoms with Gasteiger partial charge in [-0.05, 0) is 37.1 Å². The van der Waals surface area contributed by atoms with Gasteiger partial charge in [0, 0.05) is 24.7 Å². The molecule has 3 aromatic rings. The number of sulfonamides is 1. The Balaban J connectivity index is 1.41. The van der Waals surface area contributed by atoms with Crippen molar-refractivity contribution in [3.63, 3.8) is 0 Å². The summed E-state index contributed by atoms with van der Waals surface area (Å²) >= 11 is 7.31. The second kappa shape index (κ2) is 8.96. The molecule has 0 unspecified atom stereocenters. The number of carbonyl (C=O) groups is 1. The Morgan fingerprint density at radius 3 is 2.42 bits per heavy atom. The second-order valence-electron chi connectivity index (χ2n) is 7.18. The summed E-state index contributed by atoms with van der Waals surface area (Å²) in [6, 6.07) is 15.3. The van der Waals surface area contributed by atoms with E-state index in [9.17, 15) is 13.2 Å². The average molecular weight is 477 g/mol. The maximum atomic E-state index is 12.8. The van der Waals surface area contributed by atoms with Crippen LogP contribution < -0.4 is 11.1 Å². The van der Waals surface area contributed by atoms with Crippen LogP contribution in [0.2, 0.25) is 5.02 Å². The van der Waals surface area contributed by atoms with E-state index < -0.39 is 10.0 Å². The fourth-order valence-corrected chi connectivity index (χ4v) is 6.11. The van der Waals surface area contributed by atoms with Crippen LogP contribution in [0.15, 0.2) is 59.5 Å². The van der Waals surface area contributed by atoms with E-state index in [1.165, 1.54) is 15.6 Å². The highest BCUT2D eigenvalue weighted by Gasteiger charge is 2.30. The van der Waals surface area contributed by atoms with Crippen LogP contribution in [-0.4, -0.2) is 42.6 Å². The Labute approximate surface area is 189 Å². The highest BCUT2D eigenvalue weighted by molar-refractivity contribution is 7.89. The Morgan fingerprint density at radius 1 is 1.10 bits per heavy atom. The molecule has 4 rings (SSSR count). The van der Waals surface area contributed by atoms with Crippen molar-refractivity contribution in [1.82, 2.24) is 9.29 Å². The van der Waals surface area contributed by atoms with Crippen LogP contribution >= 0.6 is 22.9 Å². The minimum atomic E-state index is -3.49. The standard InChI is InChI=1S/C21H21ClN4O3S2/c22-17-9-5-4-8-16(17)18(27)19-20(23)25-21(30-19)24-14-10-12-26(13-11-14)31(28,29)15-6-2-1-3-7-15/h1-9,14H,10-13,23H2,(H,24,25). The fraction of sp³-hybridized carbons (Fsp3) is 0.238. The maximum Gasteiger partial charge on any atom is 0.243 e. The van der Waals surface area contributed by atoms with Gasteiger partial charge in [0.2, 0.25) is 15.8 Å². The zero-order chi connectivity index (χ0) is 22.0. The lowest BCUT2D eigenvalue weighted by Gasteiger charge is -2.31. The van der Waals surface area contributed by atoms with Crippen LogP contribution in [0.5, 0.6) is 0 Å². The first-order valence-corrected chi connectivity index (χ1v) is 12.4. The van der Waals surface area contributed by atoms with E-state index in [2.05, 4.69) is 10.3 Å². The molecule has 2 heterocycles. The van der Waals surface area contributed by atoms with Gasteiger partial charge < -0.3 is 11.1 Å². The van der Waals surface area contributed by atoms with E-state index in [0.29, 0.717) is 51.4 Å². The highest BCUT2D eigenvalue weighted by Crippen LogP contribution is 2.31. The number of hydrogen-bond acceptors (Lipinski definition) is 7. The van der Waals surface area contributed by atoms with Crippen molar-refractivity contribution in [2.75, 3.05) is 24.1 Å². The molecule has 1 aliphatic heterocycles. The van der Waals surface area contributed by atoms with Gasteiger partial charge in [-0.15, -0.1) is 0 Å². The molecule has 162 valence electrons. The topological polar surface area (TPSA) is 105 Å². The molecule has 0 bridgehead atoms. The minimum Gasteiger partial charge on any atom is -0.382 e. The Bertz CT molecular complexity index is 1190. The Kier molecular flexibility index (Phi) is 6.29. The number of piperidine rings is 1. The van der Waals surface area contributed by atoms with Gasteiger partial charge in [-0.2, -0.15) is 4.31 Å². The van der Waals surface area contributed by atoms with Gasteiger partial charge >= 0.3 is 0 Å². The van der Waals surface area contributed by atoms with Gasteiger partial charge in [0.1, 0.15) is 10.7 Å². The van der Waals surface area contributed by atoms with Crippen LogP contribution in [0.25, 0.3) is 0 Å². The molecular formula is C21H21ClN4O3S2. The molecule has 0 spiro atoms. The second-order valence-corrected chi connectivity index (χ2v) is 10.5. The molecule has 31 heavy (non-hydrogen) atoms. The number of thiazole rings is 1. The summed E-state index contributed by atoms with van der Waals surface area (Å²) < 4.78 is 27.0. The average Bonchev–Trinajstić information content (AvgIpc) is 3.14. The molecule has 0 amide bonds. The van der Waals surface area contributed by atoms with Crippen LogP contribution in [-0.2, 0) is 10.0 Å². The third kappa shape index (κ3) is 4.59. The van der Waals surface area contributed by atoms with Gasteiger partial charge in [0.25, 0.3) is 0 Å². The molecule has 1 saturated heterocycles. The van der Waals surface area contributed by atoms with Gasteiger partial charge in [-0.25, -0.2) is 13.4 Å². The largest absolute Gasteiger partial charge is 0.382 e. The van der Waals surface area contributed by atoms with E-state index >= 15 is 0 Å². The van der Waals surface area contributed by atoms with Gasteiger partial charge in [-0.1, -0.05) is 53.3 Å². The first-order valence-electron chi connectivity index (χ1n) is 9.73. The summed E-state index contributed by atoms with van der Waals surface area (Å²) in [5, 5.41) is 4.20. The molecule has 0 radical (unpaired) electrons. The molecule has 0 saturated carbocycles. The third-order valence-electron chi connectivity index (χ3n) is 5.14. The maximum absolute atomic E-state index is 12.8. The van der Waals surface area contributed by atoms with Crippen LogP contribution in [0.3, 0.4) is 0 Å². The van der Waals surface area contributed by atoms with Crippen molar-refractivity contribution >= 4 is 49.7 Å². The minimum absolute atomic E-state index is 0.0380. The predicted molar refractivity (Wildman–Crippen MR) is 123 cm³/mol. The SMILES string of the molecule is Nc1nc(NC2CCN(S(=O)(=O)c3ccccc3)CC2)sc1C(=O)c1ccccc1Cl. The molecule has 1 aromatic heterocycles. The van der Waals surface area contributed by atoms with Crippen molar-refractivity contribution in [1.29, 1.82) is 0 Å². The molecule has 1 aliphatic rings. The van der Waals surface area contributed by atoms with Crippen LogP contribution in [0.4, 0.5) is 10.9 Å². The van der Waals surface area contributed by atoms with E-state index in [4.69, 9.17) is 17.3 Å². The first kappa shape index (κ1) is 21.8. The quantitative estimate of drug-likeness (QED) is 0.523. The number of nitrogens with zero attached hydrogens (tertiary/aromatic N) is 2. The summed E-state index contributed by atoms with van der Waals surface area (Å²) in [4.78, 5) is 17.7. The molecule has 3 N–H and O–H groups in total. The number of nitrogens with one attached hydrogen (secondary N) is 1. The highest BCUT2D eigenvalue weighted by atomic mass is 35.5. The van der Waals surface area contributed by atoms with Gasteiger partial charge in [0.15, 0.2) is 5.13 Å². The van der Waals surface area contributed by atoms with Gasteiger partial charge in [-0.3, -0.25) is 4.79 Å². The lowest BCUT2D eigenvalue weighted by molar-refractivity contribution is 0.104. The van der Waals surface area contributed by atoms with E-state index in [1.54, 1.807) is 54.6 Å². The number of rotatable bonds is 6.